The monoisotopic (exact) mass is 441 g/mol. The molecule has 0 radical (unpaired) electrons. The van der Waals surface area contributed by atoms with Gasteiger partial charge in [-0.2, -0.15) is 0 Å². The standard InChI is InChI=1S/C24H28ClN3O3/c1-2-21(17-7-4-3-5-8-17)24(31)28-13-11-20(12-14-28)27-22(29)16-26-23(30)18-9-6-10-19(25)15-18/h3-10,15,20-21H,2,11-14,16H2,1H3,(H,26,30)(H,27,29). The van der Waals surface area contributed by atoms with Gasteiger partial charge in [-0.1, -0.05) is 54.9 Å². The summed E-state index contributed by atoms with van der Waals surface area (Å²) in [4.78, 5) is 39.2. The van der Waals surface area contributed by atoms with E-state index in [0.29, 0.717) is 36.5 Å². The largest absolute Gasteiger partial charge is 0.352 e. The van der Waals surface area contributed by atoms with Crippen LogP contribution in [0.2, 0.25) is 5.02 Å². The third-order valence-corrected chi connectivity index (χ3v) is 5.81. The van der Waals surface area contributed by atoms with Crippen molar-refractivity contribution in [2.24, 2.45) is 0 Å². The molecule has 1 aliphatic rings. The smallest absolute Gasteiger partial charge is 0.251 e. The lowest BCUT2D eigenvalue weighted by Gasteiger charge is -2.34. The van der Waals surface area contributed by atoms with Crippen LogP contribution in [-0.2, 0) is 9.59 Å². The zero-order valence-electron chi connectivity index (χ0n) is 17.6. The van der Waals surface area contributed by atoms with E-state index in [-0.39, 0.29) is 36.2 Å². The van der Waals surface area contributed by atoms with Crippen LogP contribution in [0.15, 0.2) is 54.6 Å². The molecule has 2 aromatic rings. The molecule has 0 bridgehead atoms. The van der Waals surface area contributed by atoms with Crippen LogP contribution in [0.5, 0.6) is 0 Å². The predicted octanol–water partition coefficient (Wildman–Crippen LogP) is 3.37. The van der Waals surface area contributed by atoms with Gasteiger partial charge in [0.15, 0.2) is 0 Å². The summed E-state index contributed by atoms with van der Waals surface area (Å²) in [7, 11) is 0. The van der Waals surface area contributed by atoms with Gasteiger partial charge in [-0.3, -0.25) is 14.4 Å². The minimum atomic E-state index is -0.343. The van der Waals surface area contributed by atoms with Crippen LogP contribution in [0, 0.1) is 0 Å². The Balaban J connectivity index is 1.43. The zero-order chi connectivity index (χ0) is 22.2. The molecule has 1 saturated heterocycles. The third-order valence-electron chi connectivity index (χ3n) is 5.58. The van der Waals surface area contributed by atoms with E-state index in [1.807, 2.05) is 42.2 Å². The number of benzene rings is 2. The Morgan fingerprint density at radius 2 is 1.77 bits per heavy atom. The summed E-state index contributed by atoms with van der Waals surface area (Å²) >= 11 is 5.89. The van der Waals surface area contributed by atoms with E-state index in [1.54, 1.807) is 24.3 Å². The number of halogens is 1. The van der Waals surface area contributed by atoms with Crippen LogP contribution in [0.4, 0.5) is 0 Å². The number of likely N-dealkylation sites (tertiary alicyclic amines) is 1. The zero-order valence-corrected chi connectivity index (χ0v) is 18.4. The second kappa shape index (κ2) is 11.0. The molecule has 7 heteroatoms. The Labute approximate surface area is 188 Å². The molecule has 1 unspecified atom stereocenters. The highest BCUT2D eigenvalue weighted by Gasteiger charge is 2.28. The normalized spacial score (nSPS) is 15.2. The van der Waals surface area contributed by atoms with E-state index >= 15 is 0 Å². The lowest BCUT2D eigenvalue weighted by molar-refractivity contribution is -0.134. The van der Waals surface area contributed by atoms with Crippen molar-refractivity contribution in [1.82, 2.24) is 15.5 Å². The second-order valence-corrected chi connectivity index (χ2v) is 8.17. The number of piperidine rings is 1. The maximum Gasteiger partial charge on any atom is 0.251 e. The summed E-state index contributed by atoms with van der Waals surface area (Å²) in [6.45, 7) is 3.15. The van der Waals surface area contributed by atoms with E-state index in [4.69, 9.17) is 11.6 Å². The minimum Gasteiger partial charge on any atom is -0.352 e. The van der Waals surface area contributed by atoms with Gasteiger partial charge in [0.05, 0.1) is 12.5 Å². The summed E-state index contributed by atoms with van der Waals surface area (Å²) < 4.78 is 0. The molecule has 3 rings (SSSR count). The van der Waals surface area contributed by atoms with E-state index in [9.17, 15) is 14.4 Å². The van der Waals surface area contributed by atoms with E-state index in [1.165, 1.54) is 0 Å². The van der Waals surface area contributed by atoms with Crippen molar-refractivity contribution in [2.45, 2.75) is 38.1 Å². The van der Waals surface area contributed by atoms with E-state index < -0.39 is 0 Å². The van der Waals surface area contributed by atoms with Crippen molar-refractivity contribution in [3.63, 3.8) is 0 Å². The first-order chi connectivity index (χ1) is 15.0. The van der Waals surface area contributed by atoms with Crippen LogP contribution in [0.3, 0.4) is 0 Å². The van der Waals surface area contributed by atoms with Gasteiger partial charge < -0.3 is 15.5 Å². The van der Waals surface area contributed by atoms with Gasteiger partial charge in [-0.25, -0.2) is 0 Å². The molecule has 164 valence electrons. The van der Waals surface area contributed by atoms with E-state index in [2.05, 4.69) is 10.6 Å². The third kappa shape index (κ3) is 6.31. The number of nitrogens with one attached hydrogen (secondary N) is 2. The molecule has 0 aromatic heterocycles. The van der Waals surface area contributed by atoms with E-state index in [0.717, 1.165) is 12.0 Å². The first kappa shape index (κ1) is 22.8. The Morgan fingerprint density at radius 1 is 1.06 bits per heavy atom. The highest BCUT2D eigenvalue weighted by molar-refractivity contribution is 6.31. The molecular formula is C24H28ClN3O3. The van der Waals surface area contributed by atoms with Crippen molar-refractivity contribution >= 4 is 29.3 Å². The van der Waals surface area contributed by atoms with Crippen molar-refractivity contribution in [3.05, 3.63) is 70.7 Å². The Hall–Kier alpha value is -2.86. The van der Waals surface area contributed by atoms with Gasteiger partial charge in [0.1, 0.15) is 0 Å². The molecule has 1 heterocycles. The fraction of sp³-hybridized carbons (Fsp3) is 0.375. The van der Waals surface area contributed by atoms with Crippen LogP contribution < -0.4 is 10.6 Å². The molecule has 0 saturated carbocycles. The fourth-order valence-electron chi connectivity index (χ4n) is 3.87. The SMILES string of the molecule is CCC(C(=O)N1CCC(NC(=O)CNC(=O)c2cccc(Cl)c2)CC1)c1ccccc1. The van der Waals surface area contributed by atoms with Gasteiger partial charge in [0.2, 0.25) is 11.8 Å². The number of nitrogens with zero attached hydrogens (tertiary/aromatic N) is 1. The van der Waals surface area contributed by atoms with Crippen molar-refractivity contribution in [3.8, 4) is 0 Å². The first-order valence-corrected chi connectivity index (χ1v) is 11.0. The highest BCUT2D eigenvalue weighted by Crippen LogP contribution is 2.24. The average Bonchev–Trinajstić information content (AvgIpc) is 2.79. The molecule has 1 aliphatic heterocycles. The lowest BCUT2D eigenvalue weighted by Crippen LogP contribution is -2.49. The van der Waals surface area contributed by atoms with Crippen molar-refractivity contribution in [2.75, 3.05) is 19.6 Å². The van der Waals surface area contributed by atoms with Gasteiger partial charge in [0.25, 0.3) is 5.91 Å². The molecule has 0 spiro atoms. The maximum atomic E-state index is 13.0. The Morgan fingerprint density at radius 3 is 2.42 bits per heavy atom. The topological polar surface area (TPSA) is 78.5 Å². The molecule has 3 amide bonds. The molecule has 2 aromatic carbocycles. The van der Waals surface area contributed by atoms with Crippen LogP contribution in [-0.4, -0.2) is 48.3 Å². The number of rotatable bonds is 7. The van der Waals surface area contributed by atoms with Crippen LogP contribution in [0.25, 0.3) is 0 Å². The molecule has 31 heavy (non-hydrogen) atoms. The van der Waals surface area contributed by atoms with Gasteiger partial charge in [-0.15, -0.1) is 0 Å². The van der Waals surface area contributed by atoms with Crippen LogP contribution >= 0.6 is 11.6 Å². The fourth-order valence-corrected chi connectivity index (χ4v) is 4.06. The van der Waals surface area contributed by atoms with Crippen molar-refractivity contribution < 1.29 is 14.4 Å². The molecule has 0 aliphatic carbocycles. The molecule has 2 N–H and O–H groups in total. The molecular weight excluding hydrogens is 414 g/mol. The Kier molecular flexibility index (Phi) is 8.06. The number of carbonyl (C=O) groups is 3. The van der Waals surface area contributed by atoms with Gasteiger partial charge in [-0.05, 0) is 43.0 Å². The lowest BCUT2D eigenvalue weighted by atomic mass is 9.93. The maximum absolute atomic E-state index is 13.0. The summed E-state index contributed by atoms with van der Waals surface area (Å²) in [5, 5.41) is 6.03. The van der Waals surface area contributed by atoms with Gasteiger partial charge in [0, 0.05) is 29.7 Å². The van der Waals surface area contributed by atoms with Gasteiger partial charge >= 0.3 is 0 Å². The molecule has 1 atom stereocenters. The average molecular weight is 442 g/mol. The predicted molar refractivity (Wildman–Crippen MR) is 121 cm³/mol. The number of hydrogen-bond acceptors (Lipinski definition) is 3. The summed E-state index contributed by atoms with van der Waals surface area (Å²) in [5.74, 6) is -0.568. The number of carbonyl (C=O) groups excluding carboxylic acids is 3. The molecule has 1 fully saturated rings. The Bertz CT molecular complexity index is 911. The first-order valence-electron chi connectivity index (χ1n) is 10.6. The number of amides is 3. The number of hydrogen-bond donors (Lipinski definition) is 2. The quantitative estimate of drug-likeness (QED) is 0.691. The summed E-state index contributed by atoms with van der Waals surface area (Å²) in [5.41, 5.74) is 1.46. The minimum absolute atomic E-state index is 0.00331. The highest BCUT2D eigenvalue weighted by atomic mass is 35.5. The second-order valence-electron chi connectivity index (χ2n) is 7.73. The summed E-state index contributed by atoms with van der Waals surface area (Å²) in [6, 6.07) is 16.4. The van der Waals surface area contributed by atoms with Crippen molar-refractivity contribution in [1.29, 1.82) is 0 Å². The summed E-state index contributed by atoms with van der Waals surface area (Å²) in [6.07, 6.45) is 2.15. The van der Waals surface area contributed by atoms with Crippen LogP contribution in [0.1, 0.15) is 48.0 Å². The molecule has 6 nitrogen and oxygen atoms in total.